The maximum atomic E-state index is 13.8. The van der Waals surface area contributed by atoms with Gasteiger partial charge in [-0.3, -0.25) is 9.67 Å². The van der Waals surface area contributed by atoms with Crippen LogP contribution in [0.15, 0.2) is 29.5 Å². The van der Waals surface area contributed by atoms with Crippen LogP contribution in [0.2, 0.25) is 0 Å². The molecule has 0 aliphatic carbocycles. The molecular formula is C16H25FIN7. The largest absolute Gasteiger partial charge is 0.352 e. The summed E-state index contributed by atoms with van der Waals surface area (Å²) in [6.07, 6.45) is 1.51. The Labute approximate surface area is 164 Å². The lowest BCUT2D eigenvalue weighted by Gasteiger charge is -2.14. The fourth-order valence-corrected chi connectivity index (χ4v) is 2.25. The van der Waals surface area contributed by atoms with E-state index < -0.39 is 0 Å². The van der Waals surface area contributed by atoms with Gasteiger partial charge in [0.05, 0.1) is 6.54 Å². The van der Waals surface area contributed by atoms with Crippen LogP contribution in [0.4, 0.5) is 4.39 Å². The zero-order valence-corrected chi connectivity index (χ0v) is 17.3. The average Bonchev–Trinajstić information content (AvgIpc) is 2.95. The van der Waals surface area contributed by atoms with Crippen LogP contribution in [0.5, 0.6) is 0 Å². The highest BCUT2D eigenvalue weighted by Gasteiger charge is 2.06. The number of nitrogens with one attached hydrogen (secondary N) is 2. The number of nitrogens with zero attached hydrogens (tertiary/aromatic N) is 5. The number of benzene rings is 1. The van der Waals surface area contributed by atoms with Gasteiger partial charge in [-0.1, -0.05) is 6.07 Å². The Balaban J connectivity index is 0.00000312. The summed E-state index contributed by atoms with van der Waals surface area (Å²) in [6, 6.07) is 5.15. The Hall–Kier alpha value is -1.75. The van der Waals surface area contributed by atoms with Crippen molar-refractivity contribution in [2.45, 2.75) is 19.6 Å². The number of guanidine groups is 1. The molecule has 1 heterocycles. The quantitative estimate of drug-likeness (QED) is 0.388. The van der Waals surface area contributed by atoms with Crippen molar-refractivity contribution in [1.29, 1.82) is 0 Å². The van der Waals surface area contributed by atoms with Crippen molar-refractivity contribution in [3.63, 3.8) is 0 Å². The van der Waals surface area contributed by atoms with Gasteiger partial charge in [-0.2, -0.15) is 5.10 Å². The van der Waals surface area contributed by atoms with E-state index in [-0.39, 0.29) is 29.8 Å². The number of hydrogen-bond acceptors (Lipinski definition) is 4. The van der Waals surface area contributed by atoms with Crippen molar-refractivity contribution in [1.82, 2.24) is 30.3 Å². The SMILES string of the molecule is CN=C(NCc1ccc(F)c(CN(C)C)c1)NCc1ncnn1C.I. The summed E-state index contributed by atoms with van der Waals surface area (Å²) in [7, 11) is 7.38. The number of aromatic nitrogens is 3. The van der Waals surface area contributed by atoms with E-state index in [0.29, 0.717) is 31.2 Å². The molecule has 2 rings (SSSR count). The second-order valence-electron chi connectivity index (χ2n) is 5.74. The number of aliphatic imine (C=N–C) groups is 1. The third-order valence-electron chi connectivity index (χ3n) is 3.50. The first-order valence-electron chi connectivity index (χ1n) is 7.69. The van der Waals surface area contributed by atoms with Crippen LogP contribution in [0, 0.1) is 5.82 Å². The van der Waals surface area contributed by atoms with Gasteiger partial charge in [0.2, 0.25) is 0 Å². The summed E-state index contributed by atoms with van der Waals surface area (Å²) < 4.78 is 15.5. The first kappa shape index (κ1) is 21.3. The van der Waals surface area contributed by atoms with Gasteiger partial charge < -0.3 is 15.5 Å². The molecule has 7 nitrogen and oxygen atoms in total. The molecule has 0 radical (unpaired) electrons. The fraction of sp³-hybridized carbons (Fsp3) is 0.438. The van der Waals surface area contributed by atoms with Crippen LogP contribution in [0.1, 0.15) is 17.0 Å². The van der Waals surface area contributed by atoms with Crippen molar-refractivity contribution < 1.29 is 4.39 Å². The number of halogens is 2. The summed E-state index contributed by atoms with van der Waals surface area (Å²) >= 11 is 0. The molecule has 0 bridgehead atoms. The molecule has 0 saturated carbocycles. The highest BCUT2D eigenvalue weighted by Crippen LogP contribution is 2.12. The second-order valence-corrected chi connectivity index (χ2v) is 5.74. The zero-order valence-electron chi connectivity index (χ0n) is 15.0. The van der Waals surface area contributed by atoms with Crippen molar-refractivity contribution in [3.8, 4) is 0 Å². The third-order valence-corrected chi connectivity index (χ3v) is 3.50. The molecule has 0 saturated heterocycles. The van der Waals surface area contributed by atoms with Crippen LogP contribution in [0.25, 0.3) is 0 Å². The number of aryl methyl sites for hydroxylation is 1. The first-order valence-corrected chi connectivity index (χ1v) is 7.69. The smallest absolute Gasteiger partial charge is 0.191 e. The minimum atomic E-state index is -0.183. The molecular weight excluding hydrogens is 436 g/mol. The van der Waals surface area contributed by atoms with Gasteiger partial charge >= 0.3 is 0 Å². The standard InChI is InChI=1S/C16H24FN7.HI/c1-18-16(20-9-15-21-11-22-24(15)4)19-8-12-5-6-14(17)13(7-12)10-23(2)3;/h5-7,11H,8-10H2,1-4H3,(H2,18,19,20);1H. The molecule has 0 aliphatic heterocycles. The van der Waals surface area contributed by atoms with Crippen LogP contribution >= 0.6 is 24.0 Å². The normalized spacial score (nSPS) is 11.4. The molecule has 0 amide bonds. The Morgan fingerprint density at radius 2 is 2.00 bits per heavy atom. The van der Waals surface area contributed by atoms with Gasteiger partial charge in [-0.15, -0.1) is 24.0 Å². The van der Waals surface area contributed by atoms with Crippen molar-refractivity contribution in [3.05, 3.63) is 47.3 Å². The van der Waals surface area contributed by atoms with E-state index in [4.69, 9.17) is 0 Å². The zero-order chi connectivity index (χ0) is 17.5. The van der Waals surface area contributed by atoms with Gasteiger partial charge in [-0.05, 0) is 31.8 Å². The van der Waals surface area contributed by atoms with Gasteiger partial charge in [-0.25, -0.2) is 9.37 Å². The Bertz CT molecular complexity index is 700. The molecule has 25 heavy (non-hydrogen) atoms. The van der Waals surface area contributed by atoms with Gasteiger partial charge in [0.15, 0.2) is 5.96 Å². The molecule has 0 atom stereocenters. The summed E-state index contributed by atoms with van der Waals surface area (Å²) in [5.74, 6) is 1.28. The Morgan fingerprint density at radius 3 is 2.60 bits per heavy atom. The lowest BCUT2D eigenvalue weighted by Crippen LogP contribution is -2.37. The fourth-order valence-electron chi connectivity index (χ4n) is 2.25. The van der Waals surface area contributed by atoms with E-state index in [1.807, 2.05) is 32.1 Å². The van der Waals surface area contributed by atoms with E-state index in [2.05, 4.69) is 25.7 Å². The minimum Gasteiger partial charge on any atom is -0.352 e. The molecule has 1 aromatic heterocycles. The van der Waals surface area contributed by atoms with Crippen LogP contribution in [-0.2, 0) is 26.7 Å². The average molecular weight is 461 g/mol. The topological polar surface area (TPSA) is 70.4 Å². The molecule has 2 N–H and O–H groups in total. The minimum absolute atomic E-state index is 0. The molecule has 0 aliphatic rings. The first-order chi connectivity index (χ1) is 11.5. The maximum Gasteiger partial charge on any atom is 0.191 e. The van der Waals surface area contributed by atoms with E-state index >= 15 is 0 Å². The Kier molecular flexibility index (Phi) is 8.76. The number of hydrogen-bond donors (Lipinski definition) is 2. The molecule has 9 heteroatoms. The summed E-state index contributed by atoms with van der Waals surface area (Å²) in [6.45, 7) is 1.64. The predicted molar refractivity (Wildman–Crippen MR) is 107 cm³/mol. The predicted octanol–water partition coefficient (Wildman–Crippen LogP) is 1.50. The molecule has 138 valence electrons. The van der Waals surface area contributed by atoms with Gasteiger partial charge in [0.25, 0.3) is 0 Å². The highest BCUT2D eigenvalue weighted by molar-refractivity contribution is 14.0. The van der Waals surface area contributed by atoms with Crippen LogP contribution in [0.3, 0.4) is 0 Å². The summed E-state index contributed by atoms with van der Waals surface area (Å²) in [5, 5.41) is 10.4. The van der Waals surface area contributed by atoms with Crippen molar-refractivity contribution in [2.75, 3.05) is 21.1 Å². The van der Waals surface area contributed by atoms with E-state index in [1.54, 1.807) is 17.8 Å². The molecule has 2 aromatic rings. The number of rotatable bonds is 6. The van der Waals surface area contributed by atoms with Crippen LogP contribution in [-0.4, -0.2) is 46.8 Å². The van der Waals surface area contributed by atoms with Crippen molar-refractivity contribution in [2.24, 2.45) is 12.0 Å². The van der Waals surface area contributed by atoms with E-state index in [1.165, 1.54) is 12.4 Å². The molecule has 0 fully saturated rings. The van der Waals surface area contributed by atoms with E-state index in [0.717, 1.165) is 11.4 Å². The molecule has 0 unspecified atom stereocenters. The monoisotopic (exact) mass is 461 g/mol. The lowest BCUT2D eigenvalue weighted by molar-refractivity contribution is 0.392. The summed E-state index contributed by atoms with van der Waals surface area (Å²) in [4.78, 5) is 10.3. The second kappa shape index (κ2) is 10.3. The van der Waals surface area contributed by atoms with Crippen LogP contribution < -0.4 is 10.6 Å². The third kappa shape index (κ3) is 6.58. The van der Waals surface area contributed by atoms with Gasteiger partial charge in [0.1, 0.15) is 18.0 Å². The molecule has 1 aromatic carbocycles. The van der Waals surface area contributed by atoms with E-state index in [9.17, 15) is 4.39 Å². The lowest BCUT2D eigenvalue weighted by atomic mass is 10.1. The molecule has 0 spiro atoms. The van der Waals surface area contributed by atoms with Crippen molar-refractivity contribution >= 4 is 29.9 Å². The maximum absolute atomic E-state index is 13.8. The van der Waals surface area contributed by atoms with Gasteiger partial charge in [0, 0.05) is 32.7 Å². The highest BCUT2D eigenvalue weighted by atomic mass is 127. The summed E-state index contributed by atoms with van der Waals surface area (Å²) in [5.41, 5.74) is 1.68. The Morgan fingerprint density at radius 1 is 1.28 bits per heavy atom.